The number of nitrogens with zero attached hydrogens (tertiary/aromatic N) is 1. The molecule has 1 aromatic carbocycles. The van der Waals surface area contributed by atoms with Crippen LogP contribution >= 0.6 is 0 Å². The number of benzene rings is 1. The fourth-order valence-corrected chi connectivity index (χ4v) is 4.05. The molecule has 0 spiro atoms. The van der Waals surface area contributed by atoms with E-state index in [1.165, 1.54) is 12.1 Å². The van der Waals surface area contributed by atoms with Gasteiger partial charge in [0.1, 0.15) is 0 Å². The van der Waals surface area contributed by atoms with Gasteiger partial charge in [0.15, 0.2) is 0 Å². The highest BCUT2D eigenvalue weighted by Gasteiger charge is 2.24. The number of piperidine rings is 1. The lowest BCUT2D eigenvalue weighted by atomic mass is 10.0. The van der Waals surface area contributed by atoms with Crippen molar-refractivity contribution in [1.82, 2.24) is 14.9 Å². The zero-order valence-electron chi connectivity index (χ0n) is 13.9. The van der Waals surface area contributed by atoms with Crippen molar-refractivity contribution in [2.75, 3.05) is 20.1 Å². The Labute approximate surface area is 138 Å². The Kier molecular flexibility index (Phi) is 5.78. The second kappa shape index (κ2) is 7.42. The Morgan fingerprint density at radius 2 is 2.09 bits per heavy atom. The zero-order chi connectivity index (χ0) is 17.0. The number of hydrogen-bond donors (Lipinski definition) is 2. The van der Waals surface area contributed by atoms with Crippen molar-refractivity contribution < 1.29 is 13.2 Å². The molecule has 1 aliphatic heterocycles. The van der Waals surface area contributed by atoms with Gasteiger partial charge in [-0.05, 0) is 51.9 Å². The topological polar surface area (TPSA) is 78.5 Å². The Bertz CT molecular complexity index is 658. The summed E-state index contributed by atoms with van der Waals surface area (Å²) < 4.78 is 27.0. The molecule has 1 aliphatic rings. The normalized spacial score (nSPS) is 19.1. The van der Waals surface area contributed by atoms with Crippen LogP contribution in [0.1, 0.15) is 37.0 Å². The first-order chi connectivity index (χ1) is 10.8. The Morgan fingerprint density at radius 3 is 2.74 bits per heavy atom. The maximum absolute atomic E-state index is 12.6. The first-order valence-corrected chi connectivity index (χ1v) is 9.40. The summed E-state index contributed by atoms with van der Waals surface area (Å²) in [6.07, 6.45) is 2.00. The molecule has 2 N–H and O–H groups in total. The van der Waals surface area contributed by atoms with Crippen molar-refractivity contribution in [2.24, 2.45) is 0 Å². The quantitative estimate of drug-likeness (QED) is 0.845. The van der Waals surface area contributed by atoms with E-state index in [0.717, 1.165) is 12.8 Å². The number of rotatable bonds is 5. The molecule has 1 atom stereocenters. The minimum Gasteiger partial charge on any atom is -0.337 e. The molecule has 0 saturated carbocycles. The number of likely N-dealkylation sites (tertiary alicyclic amines) is 1. The molecule has 1 aromatic rings. The van der Waals surface area contributed by atoms with Gasteiger partial charge in [-0.25, -0.2) is 13.1 Å². The van der Waals surface area contributed by atoms with Crippen LogP contribution < -0.4 is 10.0 Å². The second-order valence-electron chi connectivity index (χ2n) is 6.18. The van der Waals surface area contributed by atoms with Crippen molar-refractivity contribution in [1.29, 1.82) is 0 Å². The molecule has 7 heteroatoms. The smallest absolute Gasteiger partial charge is 0.253 e. The molecule has 1 amide bonds. The number of likely N-dealkylation sites (N-methyl/N-ethyl adjacent to an activating group) is 1. The fourth-order valence-electron chi connectivity index (χ4n) is 2.75. The highest BCUT2D eigenvalue weighted by molar-refractivity contribution is 7.89. The van der Waals surface area contributed by atoms with Gasteiger partial charge in [-0.1, -0.05) is 6.07 Å². The average Bonchev–Trinajstić information content (AvgIpc) is 2.53. The predicted octanol–water partition coefficient (Wildman–Crippen LogP) is 1.20. The van der Waals surface area contributed by atoms with Crippen LogP contribution in [-0.4, -0.2) is 51.4 Å². The SMILES string of the molecule is CNC1CCCN(C(=O)c2cccc(S(=O)(=O)NC(C)C)c2)C1. The summed E-state index contributed by atoms with van der Waals surface area (Å²) in [7, 11) is -1.70. The lowest BCUT2D eigenvalue weighted by Crippen LogP contribution is -2.47. The molecule has 6 nitrogen and oxygen atoms in total. The van der Waals surface area contributed by atoms with Crippen molar-refractivity contribution in [3.8, 4) is 0 Å². The van der Waals surface area contributed by atoms with Crippen LogP contribution in [0, 0.1) is 0 Å². The third-order valence-corrected chi connectivity index (χ3v) is 5.56. The fraction of sp³-hybridized carbons (Fsp3) is 0.562. The molecule has 1 unspecified atom stereocenters. The summed E-state index contributed by atoms with van der Waals surface area (Å²) in [5.74, 6) is -0.119. The molecule has 1 heterocycles. The lowest BCUT2D eigenvalue weighted by molar-refractivity contribution is 0.0698. The van der Waals surface area contributed by atoms with E-state index in [1.54, 1.807) is 30.9 Å². The Morgan fingerprint density at radius 1 is 1.35 bits per heavy atom. The lowest BCUT2D eigenvalue weighted by Gasteiger charge is -2.32. The van der Waals surface area contributed by atoms with Crippen LogP contribution in [0.3, 0.4) is 0 Å². The van der Waals surface area contributed by atoms with Gasteiger partial charge < -0.3 is 10.2 Å². The first kappa shape index (κ1) is 17.9. The van der Waals surface area contributed by atoms with E-state index in [4.69, 9.17) is 0 Å². The van der Waals surface area contributed by atoms with Gasteiger partial charge in [0, 0.05) is 30.7 Å². The average molecular weight is 339 g/mol. The van der Waals surface area contributed by atoms with Crippen LogP contribution in [0.15, 0.2) is 29.2 Å². The van der Waals surface area contributed by atoms with Gasteiger partial charge in [-0.2, -0.15) is 0 Å². The van der Waals surface area contributed by atoms with E-state index >= 15 is 0 Å². The molecule has 1 fully saturated rings. The minimum atomic E-state index is -3.59. The summed E-state index contributed by atoms with van der Waals surface area (Å²) in [6.45, 7) is 4.88. The highest BCUT2D eigenvalue weighted by atomic mass is 32.2. The van der Waals surface area contributed by atoms with Gasteiger partial charge in [0.25, 0.3) is 5.91 Å². The Balaban J connectivity index is 2.21. The number of amides is 1. The van der Waals surface area contributed by atoms with Crippen LogP contribution in [0.2, 0.25) is 0 Å². The molecule has 0 bridgehead atoms. The highest BCUT2D eigenvalue weighted by Crippen LogP contribution is 2.17. The summed E-state index contributed by atoms with van der Waals surface area (Å²) in [5.41, 5.74) is 0.411. The van der Waals surface area contributed by atoms with E-state index in [9.17, 15) is 13.2 Å². The summed E-state index contributed by atoms with van der Waals surface area (Å²) in [6, 6.07) is 6.34. The van der Waals surface area contributed by atoms with Crippen molar-refractivity contribution in [3.63, 3.8) is 0 Å². The number of carbonyl (C=O) groups excluding carboxylic acids is 1. The van der Waals surface area contributed by atoms with Gasteiger partial charge >= 0.3 is 0 Å². The molecule has 2 rings (SSSR count). The number of nitrogens with one attached hydrogen (secondary N) is 2. The van der Waals surface area contributed by atoms with E-state index < -0.39 is 10.0 Å². The van der Waals surface area contributed by atoms with E-state index in [-0.39, 0.29) is 16.8 Å². The van der Waals surface area contributed by atoms with Gasteiger partial charge in [-0.15, -0.1) is 0 Å². The molecule has 1 saturated heterocycles. The zero-order valence-corrected chi connectivity index (χ0v) is 14.7. The molecular weight excluding hydrogens is 314 g/mol. The Hall–Kier alpha value is -1.44. The van der Waals surface area contributed by atoms with Crippen LogP contribution in [0.5, 0.6) is 0 Å². The maximum atomic E-state index is 12.6. The predicted molar refractivity (Wildman–Crippen MR) is 89.9 cm³/mol. The minimum absolute atomic E-state index is 0.119. The number of hydrogen-bond acceptors (Lipinski definition) is 4. The van der Waals surface area contributed by atoms with Gasteiger partial charge in [0.05, 0.1) is 4.90 Å². The van der Waals surface area contributed by atoms with Crippen LogP contribution in [-0.2, 0) is 10.0 Å². The standard InChI is InChI=1S/C16H25N3O3S/c1-12(2)18-23(21,22)15-8-4-6-13(10-15)16(20)19-9-5-7-14(11-19)17-3/h4,6,8,10,12,14,17-18H,5,7,9,11H2,1-3H3. The van der Waals surface area contributed by atoms with E-state index in [1.807, 2.05) is 7.05 Å². The summed E-state index contributed by atoms with van der Waals surface area (Å²) in [5, 5.41) is 3.20. The van der Waals surface area contributed by atoms with Gasteiger partial charge in [0.2, 0.25) is 10.0 Å². The number of sulfonamides is 1. The third-order valence-electron chi connectivity index (χ3n) is 3.90. The molecule has 128 valence electrons. The van der Waals surface area contributed by atoms with Crippen molar-refractivity contribution in [2.45, 2.75) is 43.7 Å². The van der Waals surface area contributed by atoms with E-state index in [0.29, 0.717) is 24.7 Å². The molecular formula is C16H25N3O3S. The maximum Gasteiger partial charge on any atom is 0.253 e. The van der Waals surface area contributed by atoms with E-state index in [2.05, 4.69) is 10.0 Å². The van der Waals surface area contributed by atoms with Crippen molar-refractivity contribution in [3.05, 3.63) is 29.8 Å². The van der Waals surface area contributed by atoms with Gasteiger partial charge in [-0.3, -0.25) is 4.79 Å². The van der Waals surface area contributed by atoms with Crippen LogP contribution in [0.25, 0.3) is 0 Å². The third kappa shape index (κ3) is 4.53. The second-order valence-corrected chi connectivity index (χ2v) is 7.90. The summed E-state index contributed by atoms with van der Waals surface area (Å²) >= 11 is 0. The molecule has 23 heavy (non-hydrogen) atoms. The largest absolute Gasteiger partial charge is 0.337 e. The summed E-state index contributed by atoms with van der Waals surface area (Å²) in [4.78, 5) is 14.6. The van der Waals surface area contributed by atoms with Crippen molar-refractivity contribution >= 4 is 15.9 Å². The van der Waals surface area contributed by atoms with Crippen LogP contribution in [0.4, 0.5) is 0 Å². The monoisotopic (exact) mass is 339 g/mol. The molecule has 0 aromatic heterocycles. The number of carbonyl (C=O) groups is 1. The molecule has 0 radical (unpaired) electrons. The molecule has 0 aliphatic carbocycles. The first-order valence-electron chi connectivity index (χ1n) is 7.92.